The highest BCUT2D eigenvalue weighted by Gasteiger charge is 2.58. The van der Waals surface area contributed by atoms with Gasteiger partial charge in [-0.2, -0.15) is 0 Å². The lowest BCUT2D eigenvalue weighted by Crippen LogP contribution is -2.43. The Balaban J connectivity index is 1.57. The number of hydrogen-bond donors (Lipinski definition) is 2. The van der Waals surface area contributed by atoms with Gasteiger partial charge < -0.3 is 11.1 Å². The van der Waals surface area contributed by atoms with Crippen molar-refractivity contribution >= 4 is 5.91 Å². The summed E-state index contributed by atoms with van der Waals surface area (Å²) < 4.78 is 0. The smallest absolute Gasteiger partial charge is 0.224 e. The molecule has 3 heteroatoms. The summed E-state index contributed by atoms with van der Waals surface area (Å²) >= 11 is 0. The summed E-state index contributed by atoms with van der Waals surface area (Å²) in [7, 11) is 0. The second kappa shape index (κ2) is 2.72. The summed E-state index contributed by atoms with van der Waals surface area (Å²) in [6, 6.07) is 0. The van der Waals surface area contributed by atoms with Crippen LogP contribution in [0.25, 0.3) is 0 Å². The molecule has 0 radical (unpaired) electrons. The fourth-order valence-electron chi connectivity index (χ4n) is 3.09. The van der Waals surface area contributed by atoms with Crippen LogP contribution < -0.4 is 11.1 Å². The van der Waals surface area contributed by atoms with E-state index >= 15 is 0 Å². The molecular formula is C11H18N2O. The predicted octanol–water partition coefficient (Wildman–Crippen LogP) is 0.640. The Kier molecular flexibility index (Phi) is 1.69. The molecule has 2 atom stereocenters. The van der Waals surface area contributed by atoms with E-state index in [0.717, 1.165) is 24.7 Å². The maximum absolute atomic E-state index is 11.9. The monoisotopic (exact) mass is 194 g/mol. The van der Waals surface area contributed by atoms with Crippen molar-refractivity contribution in [3.63, 3.8) is 0 Å². The lowest BCUT2D eigenvalue weighted by atomic mass is 10.1. The van der Waals surface area contributed by atoms with Gasteiger partial charge in [0.15, 0.2) is 0 Å². The van der Waals surface area contributed by atoms with E-state index in [1.54, 1.807) is 0 Å². The zero-order valence-corrected chi connectivity index (χ0v) is 8.46. The Hall–Kier alpha value is -0.570. The van der Waals surface area contributed by atoms with Crippen LogP contribution in [-0.4, -0.2) is 18.0 Å². The molecule has 78 valence electrons. The van der Waals surface area contributed by atoms with Crippen LogP contribution in [0.4, 0.5) is 0 Å². The van der Waals surface area contributed by atoms with Crippen molar-refractivity contribution in [3.8, 4) is 0 Å². The molecule has 0 saturated heterocycles. The molecular weight excluding hydrogens is 176 g/mol. The number of carbonyl (C=O) groups excluding carboxylic acids is 1. The quantitative estimate of drug-likeness (QED) is 0.692. The number of nitrogens with one attached hydrogen (secondary N) is 1. The van der Waals surface area contributed by atoms with E-state index in [2.05, 4.69) is 5.32 Å². The highest BCUT2D eigenvalue weighted by molar-refractivity contribution is 5.83. The normalized spacial score (nSPS) is 41.6. The maximum Gasteiger partial charge on any atom is 0.224 e. The van der Waals surface area contributed by atoms with Gasteiger partial charge in [-0.05, 0) is 37.5 Å². The summed E-state index contributed by atoms with van der Waals surface area (Å²) in [6.07, 6.45) is 6.05. The zero-order valence-electron chi connectivity index (χ0n) is 8.46. The lowest BCUT2D eigenvalue weighted by Gasteiger charge is -2.15. The summed E-state index contributed by atoms with van der Waals surface area (Å²) in [6.45, 7) is 0.612. The van der Waals surface area contributed by atoms with E-state index in [1.165, 1.54) is 19.3 Å². The average molecular weight is 194 g/mol. The molecule has 0 heterocycles. The van der Waals surface area contributed by atoms with Gasteiger partial charge in [0.1, 0.15) is 0 Å². The minimum absolute atomic E-state index is 0.00791. The molecule has 0 spiro atoms. The van der Waals surface area contributed by atoms with Crippen LogP contribution >= 0.6 is 0 Å². The topological polar surface area (TPSA) is 55.1 Å². The van der Waals surface area contributed by atoms with E-state index in [0.29, 0.717) is 18.4 Å². The first-order valence-electron chi connectivity index (χ1n) is 5.78. The Morgan fingerprint density at radius 3 is 2.50 bits per heavy atom. The predicted molar refractivity (Wildman–Crippen MR) is 53.5 cm³/mol. The van der Waals surface area contributed by atoms with Crippen LogP contribution in [0.3, 0.4) is 0 Å². The van der Waals surface area contributed by atoms with E-state index in [1.807, 2.05) is 0 Å². The van der Waals surface area contributed by atoms with Crippen LogP contribution in [0.1, 0.15) is 32.1 Å². The fraction of sp³-hybridized carbons (Fsp3) is 0.909. The van der Waals surface area contributed by atoms with Crippen molar-refractivity contribution in [2.75, 3.05) is 6.54 Å². The second-order valence-electron chi connectivity index (χ2n) is 5.26. The SMILES string of the molecule is NCC1(NC(=O)C2C3CCCC32)CC1. The van der Waals surface area contributed by atoms with Crippen molar-refractivity contribution in [3.05, 3.63) is 0 Å². The number of hydrogen-bond acceptors (Lipinski definition) is 2. The van der Waals surface area contributed by atoms with Crippen molar-refractivity contribution in [1.29, 1.82) is 0 Å². The molecule has 3 nitrogen and oxygen atoms in total. The number of fused-ring (bicyclic) bond motifs is 1. The summed E-state index contributed by atoms with van der Waals surface area (Å²) in [5, 5.41) is 3.14. The highest BCUT2D eigenvalue weighted by Crippen LogP contribution is 2.57. The van der Waals surface area contributed by atoms with Crippen molar-refractivity contribution in [2.45, 2.75) is 37.6 Å². The fourth-order valence-corrected chi connectivity index (χ4v) is 3.09. The third kappa shape index (κ3) is 1.18. The van der Waals surface area contributed by atoms with Crippen LogP contribution in [-0.2, 0) is 4.79 Å². The van der Waals surface area contributed by atoms with Crippen LogP contribution in [0.2, 0.25) is 0 Å². The van der Waals surface area contributed by atoms with Gasteiger partial charge in [0.05, 0.1) is 5.54 Å². The molecule has 0 aromatic heterocycles. The van der Waals surface area contributed by atoms with Crippen molar-refractivity contribution in [1.82, 2.24) is 5.32 Å². The first kappa shape index (κ1) is 8.72. The highest BCUT2D eigenvalue weighted by atomic mass is 16.2. The van der Waals surface area contributed by atoms with Gasteiger partial charge >= 0.3 is 0 Å². The Bertz CT molecular complexity index is 262. The van der Waals surface area contributed by atoms with Gasteiger partial charge in [-0.25, -0.2) is 0 Å². The van der Waals surface area contributed by atoms with Gasteiger partial charge in [-0.15, -0.1) is 0 Å². The molecule has 3 fully saturated rings. The van der Waals surface area contributed by atoms with Gasteiger partial charge in [0.2, 0.25) is 5.91 Å². The second-order valence-corrected chi connectivity index (χ2v) is 5.26. The number of amides is 1. The Morgan fingerprint density at radius 2 is 2.00 bits per heavy atom. The molecule has 0 aromatic carbocycles. The number of rotatable bonds is 3. The largest absolute Gasteiger partial charge is 0.349 e. The van der Waals surface area contributed by atoms with Gasteiger partial charge in [-0.1, -0.05) is 6.42 Å². The van der Waals surface area contributed by atoms with E-state index in [9.17, 15) is 4.79 Å². The van der Waals surface area contributed by atoms with Crippen LogP contribution in [0.15, 0.2) is 0 Å². The third-order valence-corrected chi connectivity index (χ3v) is 4.34. The lowest BCUT2D eigenvalue weighted by molar-refractivity contribution is -0.124. The molecule has 3 saturated carbocycles. The molecule has 3 rings (SSSR count). The minimum atomic E-state index is 0.00791. The first-order valence-corrected chi connectivity index (χ1v) is 5.78. The first-order chi connectivity index (χ1) is 6.76. The van der Waals surface area contributed by atoms with Crippen LogP contribution in [0.5, 0.6) is 0 Å². The molecule has 0 aromatic rings. The molecule has 0 aliphatic heterocycles. The third-order valence-electron chi connectivity index (χ3n) is 4.34. The van der Waals surface area contributed by atoms with E-state index in [-0.39, 0.29) is 5.54 Å². The Morgan fingerprint density at radius 1 is 1.36 bits per heavy atom. The molecule has 14 heavy (non-hydrogen) atoms. The van der Waals surface area contributed by atoms with Crippen molar-refractivity contribution < 1.29 is 4.79 Å². The van der Waals surface area contributed by atoms with Crippen LogP contribution in [0, 0.1) is 17.8 Å². The number of carbonyl (C=O) groups is 1. The minimum Gasteiger partial charge on any atom is -0.349 e. The molecule has 1 amide bonds. The summed E-state index contributed by atoms with van der Waals surface area (Å²) in [4.78, 5) is 11.9. The molecule has 3 N–H and O–H groups in total. The molecule has 2 unspecified atom stereocenters. The van der Waals surface area contributed by atoms with E-state index < -0.39 is 0 Å². The van der Waals surface area contributed by atoms with Gasteiger partial charge in [-0.3, -0.25) is 4.79 Å². The zero-order chi connectivity index (χ0) is 9.76. The summed E-state index contributed by atoms with van der Waals surface area (Å²) in [5.41, 5.74) is 5.65. The maximum atomic E-state index is 11.9. The standard InChI is InChI=1S/C11H18N2O/c12-6-11(4-5-11)13-10(14)9-7-2-1-3-8(7)9/h7-9H,1-6,12H2,(H,13,14). The Labute approximate surface area is 84.4 Å². The average Bonchev–Trinajstić information content (AvgIpc) is 3.06. The molecule has 0 bridgehead atoms. The molecule has 3 aliphatic carbocycles. The van der Waals surface area contributed by atoms with Crippen molar-refractivity contribution in [2.24, 2.45) is 23.5 Å². The van der Waals surface area contributed by atoms with E-state index in [4.69, 9.17) is 5.73 Å². The number of nitrogens with two attached hydrogens (primary N) is 1. The van der Waals surface area contributed by atoms with Gasteiger partial charge in [0, 0.05) is 12.5 Å². The summed E-state index contributed by atoms with van der Waals surface area (Å²) in [5.74, 6) is 2.10. The van der Waals surface area contributed by atoms with Gasteiger partial charge in [0.25, 0.3) is 0 Å². The molecule has 3 aliphatic rings.